The molecule has 0 spiro atoms. The number of aromatic nitrogens is 2. The topological polar surface area (TPSA) is 74.8 Å². The van der Waals surface area contributed by atoms with Gasteiger partial charge in [0, 0.05) is 5.56 Å². The molecule has 2 aromatic heterocycles. The first kappa shape index (κ1) is 14.1. The lowest BCUT2D eigenvalue weighted by atomic mass is 10.1. The zero-order valence-corrected chi connectivity index (χ0v) is 13.0. The molecule has 3 aromatic rings. The van der Waals surface area contributed by atoms with Crippen molar-refractivity contribution in [3.8, 4) is 11.1 Å². The van der Waals surface area contributed by atoms with Crippen LogP contribution >= 0.6 is 22.9 Å². The van der Waals surface area contributed by atoms with E-state index in [0.29, 0.717) is 15.7 Å². The lowest BCUT2D eigenvalue weighted by Crippen LogP contribution is -2.12. The molecule has 0 atom stereocenters. The van der Waals surface area contributed by atoms with Gasteiger partial charge in [-0.25, -0.2) is 8.42 Å². The zero-order chi connectivity index (χ0) is 14.9. The number of nitrogens with zero attached hydrogens (tertiary/aromatic N) is 1. The quantitative estimate of drug-likeness (QED) is 0.762. The van der Waals surface area contributed by atoms with Gasteiger partial charge in [-0.3, -0.25) is 9.82 Å². The first-order valence-electron chi connectivity index (χ1n) is 5.93. The first-order valence-corrected chi connectivity index (χ1v) is 8.61. The van der Waals surface area contributed by atoms with Gasteiger partial charge in [-0.15, -0.1) is 11.3 Å². The lowest BCUT2D eigenvalue weighted by Gasteiger charge is -2.06. The molecule has 3 rings (SSSR count). The highest BCUT2D eigenvalue weighted by Gasteiger charge is 2.19. The van der Waals surface area contributed by atoms with E-state index in [-0.39, 0.29) is 4.21 Å². The molecule has 5 nitrogen and oxygen atoms in total. The standard InChI is InChI=1S/C13H10ClN3O2S2/c14-11-6-7-12(20-11)21(18,19)17-13-10(8-15-16-13)9-4-2-1-3-5-9/h1-8H,(H2,15,16,17). The van der Waals surface area contributed by atoms with Crippen molar-refractivity contribution in [1.82, 2.24) is 10.2 Å². The average Bonchev–Trinajstić information content (AvgIpc) is 3.09. The molecule has 0 saturated heterocycles. The Kier molecular flexibility index (Phi) is 3.71. The molecule has 108 valence electrons. The fourth-order valence-corrected chi connectivity index (χ4v) is 4.35. The van der Waals surface area contributed by atoms with Crippen LogP contribution in [-0.2, 0) is 10.0 Å². The Labute approximate surface area is 130 Å². The van der Waals surface area contributed by atoms with Crippen LogP contribution in [0.3, 0.4) is 0 Å². The molecular formula is C13H10ClN3O2S2. The third kappa shape index (κ3) is 2.94. The zero-order valence-electron chi connectivity index (χ0n) is 10.6. The van der Waals surface area contributed by atoms with E-state index >= 15 is 0 Å². The number of sulfonamides is 1. The summed E-state index contributed by atoms with van der Waals surface area (Å²) in [6.07, 6.45) is 1.58. The largest absolute Gasteiger partial charge is 0.272 e. The number of halogens is 1. The third-order valence-electron chi connectivity index (χ3n) is 2.77. The predicted octanol–water partition coefficient (Wildman–Crippen LogP) is 3.59. The summed E-state index contributed by atoms with van der Waals surface area (Å²) in [4.78, 5) is 0. The van der Waals surface area contributed by atoms with Crippen molar-refractivity contribution < 1.29 is 8.42 Å². The van der Waals surface area contributed by atoms with Crippen LogP contribution in [-0.4, -0.2) is 18.6 Å². The number of hydrogen-bond acceptors (Lipinski definition) is 4. The number of H-pyrrole nitrogens is 1. The smallest absolute Gasteiger partial charge is 0.263 e. The Morgan fingerprint density at radius 3 is 2.57 bits per heavy atom. The van der Waals surface area contributed by atoms with Crippen molar-refractivity contribution in [2.24, 2.45) is 0 Å². The molecule has 0 amide bonds. The summed E-state index contributed by atoms with van der Waals surface area (Å²) in [5.41, 5.74) is 1.55. The monoisotopic (exact) mass is 339 g/mol. The Bertz CT molecular complexity index is 856. The number of anilines is 1. The highest BCUT2D eigenvalue weighted by atomic mass is 35.5. The summed E-state index contributed by atoms with van der Waals surface area (Å²) in [5.74, 6) is 0.325. The molecular weight excluding hydrogens is 330 g/mol. The summed E-state index contributed by atoms with van der Waals surface area (Å²) in [6, 6.07) is 12.4. The van der Waals surface area contributed by atoms with E-state index in [1.807, 2.05) is 30.3 Å². The molecule has 1 aromatic carbocycles. The van der Waals surface area contributed by atoms with Gasteiger partial charge in [0.25, 0.3) is 10.0 Å². The van der Waals surface area contributed by atoms with Gasteiger partial charge in [-0.05, 0) is 17.7 Å². The molecule has 0 bridgehead atoms. The Morgan fingerprint density at radius 2 is 1.90 bits per heavy atom. The van der Waals surface area contributed by atoms with E-state index in [1.165, 1.54) is 6.07 Å². The highest BCUT2D eigenvalue weighted by Crippen LogP contribution is 2.30. The minimum absolute atomic E-state index is 0.154. The summed E-state index contributed by atoms with van der Waals surface area (Å²) < 4.78 is 27.7. The van der Waals surface area contributed by atoms with Gasteiger partial charge >= 0.3 is 0 Å². The second-order valence-electron chi connectivity index (χ2n) is 4.19. The van der Waals surface area contributed by atoms with Crippen LogP contribution in [0.4, 0.5) is 5.82 Å². The molecule has 8 heteroatoms. The maximum atomic E-state index is 12.3. The maximum absolute atomic E-state index is 12.3. The first-order chi connectivity index (χ1) is 10.1. The highest BCUT2D eigenvalue weighted by molar-refractivity contribution is 7.94. The van der Waals surface area contributed by atoms with Gasteiger partial charge in [0.2, 0.25) is 0 Å². The molecule has 0 fully saturated rings. The van der Waals surface area contributed by atoms with E-state index in [2.05, 4.69) is 14.9 Å². The number of thiophene rings is 1. The Hall–Kier alpha value is -1.83. The van der Waals surface area contributed by atoms with E-state index < -0.39 is 10.0 Å². The fraction of sp³-hybridized carbons (Fsp3) is 0. The van der Waals surface area contributed by atoms with E-state index in [4.69, 9.17) is 11.6 Å². The molecule has 0 radical (unpaired) electrons. The van der Waals surface area contributed by atoms with Gasteiger partial charge in [0.15, 0.2) is 0 Å². The fourth-order valence-electron chi connectivity index (χ4n) is 1.83. The van der Waals surface area contributed by atoms with Crippen LogP contribution in [0.15, 0.2) is 52.9 Å². The number of hydrogen-bond donors (Lipinski definition) is 2. The summed E-state index contributed by atoms with van der Waals surface area (Å²) in [7, 11) is -3.68. The summed E-state index contributed by atoms with van der Waals surface area (Å²) >= 11 is 6.78. The lowest BCUT2D eigenvalue weighted by molar-refractivity contribution is 0.603. The van der Waals surface area contributed by atoms with Crippen molar-refractivity contribution in [1.29, 1.82) is 0 Å². The maximum Gasteiger partial charge on any atom is 0.272 e. The van der Waals surface area contributed by atoms with Crippen LogP contribution in [0.5, 0.6) is 0 Å². The Morgan fingerprint density at radius 1 is 1.14 bits per heavy atom. The van der Waals surface area contributed by atoms with Crippen molar-refractivity contribution in [2.45, 2.75) is 4.21 Å². The van der Waals surface area contributed by atoms with Crippen molar-refractivity contribution in [3.05, 3.63) is 53.0 Å². The number of rotatable bonds is 4. The van der Waals surface area contributed by atoms with Crippen molar-refractivity contribution >= 4 is 38.8 Å². The van der Waals surface area contributed by atoms with Crippen LogP contribution in [0.25, 0.3) is 11.1 Å². The molecule has 21 heavy (non-hydrogen) atoms. The normalized spacial score (nSPS) is 11.5. The predicted molar refractivity (Wildman–Crippen MR) is 84.2 cm³/mol. The molecule has 2 N–H and O–H groups in total. The summed E-state index contributed by atoms with van der Waals surface area (Å²) in [5, 5.41) is 6.58. The molecule has 0 aliphatic rings. The molecule has 0 aliphatic carbocycles. The summed E-state index contributed by atoms with van der Waals surface area (Å²) in [6.45, 7) is 0. The second-order valence-corrected chi connectivity index (χ2v) is 7.81. The van der Waals surface area contributed by atoms with Crippen LogP contribution in [0.1, 0.15) is 0 Å². The second kappa shape index (κ2) is 5.51. The minimum Gasteiger partial charge on any atom is -0.263 e. The minimum atomic E-state index is -3.68. The van der Waals surface area contributed by atoms with Crippen LogP contribution in [0, 0.1) is 0 Å². The van der Waals surface area contributed by atoms with Gasteiger partial charge in [0.1, 0.15) is 10.0 Å². The SMILES string of the molecule is O=S(=O)(Nc1[nH]ncc1-c1ccccc1)c1ccc(Cl)s1. The number of aromatic amines is 1. The number of nitrogens with one attached hydrogen (secondary N) is 2. The van der Waals surface area contributed by atoms with E-state index in [9.17, 15) is 8.42 Å². The van der Waals surface area contributed by atoms with E-state index in [1.54, 1.807) is 12.3 Å². The van der Waals surface area contributed by atoms with Gasteiger partial charge in [-0.1, -0.05) is 41.9 Å². The molecule has 0 saturated carbocycles. The van der Waals surface area contributed by atoms with Gasteiger partial charge in [0.05, 0.1) is 10.5 Å². The number of benzene rings is 1. The molecule has 2 heterocycles. The van der Waals surface area contributed by atoms with Crippen molar-refractivity contribution in [3.63, 3.8) is 0 Å². The molecule has 0 unspecified atom stereocenters. The van der Waals surface area contributed by atoms with Crippen molar-refractivity contribution in [2.75, 3.05) is 4.72 Å². The van der Waals surface area contributed by atoms with Gasteiger partial charge < -0.3 is 0 Å². The Balaban J connectivity index is 1.95. The third-order valence-corrected chi connectivity index (χ3v) is 5.85. The van der Waals surface area contributed by atoms with Gasteiger partial charge in [-0.2, -0.15) is 5.10 Å². The molecule has 0 aliphatic heterocycles. The van der Waals surface area contributed by atoms with Crippen LogP contribution < -0.4 is 4.72 Å². The average molecular weight is 340 g/mol. The van der Waals surface area contributed by atoms with E-state index in [0.717, 1.165) is 16.9 Å². The van der Waals surface area contributed by atoms with Crippen LogP contribution in [0.2, 0.25) is 4.34 Å².